The van der Waals surface area contributed by atoms with E-state index in [0.29, 0.717) is 13.2 Å². The first-order valence-corrected chi connectivity index (χ1v) is 4.50. The van der Waals surface area contributed by atoms with Crippen molar-refractivity contribution in [2.45, 2.75) is 32.7 Å². The third-order valence-corrected chi connectivity index (χ3v) is 2.43. The second kappa shape index (κ2) is 2.82. The summed E-state index contributed by atoms with van der Waals surface area (Å²) in [6, 6.07) is 6.03. The van der Waals surface area contributed by atoms with Crippen molar-refractivity contribution in [1.29, 1.82) is 0 Å². The maximum Gasteiger partial charge on any atom is 0.0840 e. The Bertz CT molecular complexity index is 323. The molecule has 0 radical (unpaired) electrons. The Morgan fingerprint density at radius 1 is 1.23 bits per heavy atom. The van der Waals surface area contributed by atoms with Crippen molar-refractivity contribution in [2.24, 2.45) is 0 Å². The molecule has 0 atom stereocenters. The van der Waals surface area contributed by atoms with E-state index < -0.39 is 5.60 Å². The standard InChI is InChI=1S/C11H14O2/c1-11(2,12)10-4-3-8-6-13-7-9(8)5-10/h3-5,12H,6-7H2,1-2H3. The highest BCUT2D eigenvalue weighted by Crippen LogP contribution is 2.26. The van der Waals surface area contributed by atoms with E-state index in [9.17, 15) is 5.11 Å². The monoisotopic (exact) mass is 178 g/mol. The quantitative estimate of drug-likeness (QED) is 0.712. The molecule has 1 heterocycles. The lowest BCUT2D eigenvalue weighted by Crippen LogP contribution is -2.15. The molecule has 0 fully saturated rings. The highest BCUT2D eigenvalue weighted by atomic mass is 16.5. The number of benzene rings is 1. The Hall–Kier alpha value is -0.860. The van der Waals surface area contributed by atoms with E-state index in [1.165, 1.54) is 11.1 Å². The van der Waals surface area contributed by atoms with Gasteiger partial charge in [0.15, 0.2) is 0 Å². The van der Waals surface area contributed by atoms with Gasteiger partial charge in [-0.3, -0.25) is 0 Å². The highest BCUT2D eigenvalue weighted by molar-refractivity contribution is 5.35. The Kier molecular flexibility index (Phi) is 1.90. The van der Waals surface area contributed by atoms with Gasteiger partial charge < -0.3 is 9.84 Å². The van der Waals surface area contributed by atoms with Gasteiger partial charge in [0.2, 0.25) is 0 Å². The molecule has 2 heteroatoms. The number of rotatable bonds is 1. The van der Waals surface area contributed by atoms with E-state index in [0.717, 1.165) is 5.56 Å². The van der Waals surface area contributed by atoms with Crippen molar-refractivity contribution >= 4 is 0 Å². The number of ether oxygens (including phenoxy) is 1. The van der Waals surface area contributed by atoms with Crippen LogP contribution in [-0.4, -0.2) is 5.11 Å². The van der Waals surface area contributed by atoms with E-state index in [2.05, 4.69) is 0 Å². The molecular weight excluding hydrogens is 164 g/mol. The zero-order valence-electron chi connectivity index (χ0n) is 8.00. The molecule has 1 aliphatic rings. The fourth-order valence-electron chi connectivity index (χ4n) is 1.55. The molecule has 0 aromatic heterocycles. The molecule has 0 aliphatic carbocycles. The number of hydrogen-bond donors (Lipinski definition) is 1. The average Bonchev–Trinajstić information content (AvgIpc) is 2.47. The minimum absolute atomic E-state index is 0.680. The van der Waals surface area contributed by atoms with Crippen molar-refractivity contribution in [3.63, 3.8) is 0 Å². The molecule has 2 rings (SSSR count). The minimum atomic E-state index is -0.752. The molecule has 13 heavy (non-hydrogen) atoms. The van der Waals surface area contributed by atoms with Crippen molar-refractivity contribution in [3.8, 4) is 0 Å². The number of hydrogen-bond acceptors (Lipinski definition) is 2. The molecule has 0 amide bonds. The van der Waals surface area contributed by atoms with Gasteiger partial charge in [0.05, 0.1) is 18.8 Å². The summed E-state index contributed by atoms with van der Waals surface area (Å²) < 4.78 is 5.30. The predicted molar refractivity (Wildman–Crippen MR) is 50.2 cm³/mol. The molecule has 1 aromatic rings. The second-order valence-corrected chi connectivity index (χ2v) is 4.04. The molecular formula is C11H14O2. The summed E-state index contributed by atoms with van der Waals surface area (Å²) >= 11 is 0. The zero-order valence-corrected chi connectivity index (χ0v) is 8.00. The van der Waals surface area contributed by atoms with Gasteiger partial charge in [-0.15, -0.1) is 0 Å². The van der Waals surface area contributed by atoms with Gasteiger partial charge in [-0.2, -0.15) is 0 Å². The normalized spacial score (nSPS) is 15.9. The molecule has 1 N–H and O–H groups in total. The van der Waals surface area contributed by atoms with Crippen LogP contribution in [0.25, 0.3) is 0 Å². The smallest absolute Gasteiger partial charge is 0.0840 e. The molecule has 0 saturated carbocycles. The van der Waals surface area contributed by atoms with E-state index in [-0.39, 0.29) is 0 Å². The third-order valence-electron chi connectivity index (χ3n) is 2.43. The molecule has 1 aliphatic heterocycles. The SMILES string of the molecule is CC(C)(O)c1ccc2c(c1)COC2. The lowest BCUT2D eigenvalue weighted by Gasteiger charge is -2.18. The van der Waals surface area contributed by atoms with E-state index in [1.54, 1.807) is 13.8 Å². The Morgan fingerprint density at radius 3 is 2.62 bits per heavy atom. The fraction of sp³-hybridized carbons (Fsp3) is 0.455. The molecule has 0 saturated heterocycles. The van der Waals surface area contributed by atoms with Crippen LogP contribution in [0.2, 0.25) is 0 Å². The zero-order chi connectivity index (χ0) is 9.47. The van der Waals surface area contributed by atoms with Crippen molar-refractivity contribution in [2.75, 3.05) is 0 Å². The molecule has 0 spiro atoms. The molecule has 2 nitrogen and oxygen atoms in total. The maximum absolute atomic E-state index is 9.78. The molecule has 70 valence electrons. The molecule has 1 aromatic carbocycles. The lowest BCUT2D eigenvalue weighted by molar-refractivity contribution is 0.0784. The van der Waals surface area contributed by atoms with Crippen molar-refractivity contribution in [3.05, 3.63) is 34.9 Å². The van der Waals surface area contributed by atoms with Crippen LogP contribution in [0.15, 0.2) is 18.2 Å². The summed E-state index contributed by atoms with van der Waals surface area (Å²) in [5.74, 6) is 0. The van der Waals surface area contributed by atoms with Gasteiger partial charge in [0, 0.05) is 0 Å². The minimum Gasteiger partial charge on any atom is -0.386 e. The molecule has 0 unspecified atom stereocenters. The number of fused-ring (bicyclic) bond motifs is 1. The van der Waals surface area contributed by atoms with Crippen LogP contribution in [0.5, 0.6) is 0 Å². The first kappa shape index (κ1) is 8.73. The second-order valence-electron chi connectivity index (χ2n) is 4.04. The van der Waals surface area contributed by atoms with Crippen molar-refractivity contribution in [1.82, 2.24) is 0 Å². The van der Waals surface area contributed by atoms with Crippen LogP contribution in [0, 0.1) is 0 Å². The Balaban J connectivity index is 2.42. The van der Waals surface area contributed by atoms with Crippen molar-refractivity contribution < 1.29 is 9.84 Å². The van der Waals surface area contributed by atoms with Gasteiger partial charge in [0.1, 0.15) is 0 Å². The summed E-state index contributed by atoms with van der Waals surface area (Å²) in [6.07, 6.45) is 0. The summed E-state index contributed by atoms with van der Waals surface area (Å²) in [6.45, 7) is 4.98. The third kappa shape index (κ3) is 1.60. The summed E-state index contributed by atoms with van der Waals surface area (Å²) in [4.78, 5) is 0. The Morgan fingerprint density at radius 2 is 1.92 bits per heavy atom. The van der Waals surface area contributed by atoms with Gasteiger partial charge in [-0.1, -0.05) is 18.2 Å². The van der Waals surface area contributed by atoms with E-state index in [4.69, 9.17) is 4.74 Å². The largest absolute Gasteiger partial charge is 0.386 e. The van der Waals surface area contributed by atoms with Gasteiger partial charge in [-0.05, 0) is 30.5 Å². The van der Waals surface area contributed by atoms with Crippen LogP contribution < -0.4 is 0 Å². The Labute approximate surface area is 78.2 Å². The van der Waals surface area contributed by atoms with Crippen LogP contribution in [0.4, 0.5) is 0 Å². The van der Waals surface area contributed by atoms with Gasteiger partial charge in [-0.25, -0.2) is 0 Å². The van der Waals surface area contributed by atoms with Crippen LogP contribution in [-0.2, 0) is 23.6 Å². The first-order valence-electron chi connectivity index (χ1n) is 4.50. The maximum atomic E-state index is 9.78. The summed E-state index contributed by atoms with van der Waals surface area (Å²) in [7, 11) is 0. The van der Waals surface area contributed by atoms with E-state index in [1.807, 2.05) is 18.2 Å². The van der Waals surface area contributed by atoms with Crippen LogP contribution in [0.3, 0.4) is 0 Å². The molecule has 0 bridgehead atoms. The predicted octanol–water partition coefficient (Wildman–Crippen LogP) is 1.94. The fourth-order valence-corrected chi connectivity index (χ4v) is 1.55. The lowest BCUT2D eigenvalue weighted by atomic mass is 9.95. The summed E-state index contributed by atoms with van der Waals surface area (Å²) in [5.41, 5.74) is 2.65. The summed E-state index contributed by atoms with van der Waals surface area (Å²) in [5, 5.41) is 9.78. The van der Waals surface area contributed by atoms with Crippen LogP contribution in [0.1, 0.15) is 30.5 Å². The first-order chi connectivity index (χ1) is 6.07. The van der Waals surface area contributed by atoms with Gasteiger partial charge in [0.25, 0.3) is 0 Å². The average molecular weight is 178 g/mol. The topological polar surface area (TPSA) is 29.5 Å². The number of aliphatic hydroxyl groups is 1. The van der Waals surface area contributed by atoms with Gasteiger partial charge >= 0.3 is 0 Å². The highest BCUT2D eigenvalue weighted by Gasteiger charge is 2.19. The van der Waals surface area contributed by atoms with E-state index >= 15 is 0 Å². The van der Waals surface area contributed by atoms with Crippen LogP contribution >= 0.6 is 0 Å².